The summed E-state index contributed by atoms with van der Waals surface area (Å²) in [5.74, 6) is -0.0750. The lowest BCUT2D eigenvalue weighted by atomic mass is 10.3. The van der Waals surface area contributed by atoms with Crippen LogP contribution in [-0.4, -0.2) is 41.8 Å². The number of hydrogen-bond donors (Lipinski definition) is 0. The number of carbonyl (C=O) groups excluding carboxylic acids is 1. The fourth-order valence-corrected chi connectivity index (χ4v) is 4.61. The maximum atomic E-state index is 13.3. The van der Waals surface area contributed by atoms with Crippen molar-refractivity contribution in [3.63, 3.8) is 0 Å². The summed E-state index contributed by atoms with van der Waals surface area (Å²) in [6, 6.07) is 8.91. The van der Waals surface area contributed by atoms with Crippen molar-refractivity contribution in [1.29, 1.82) is 0 Å². The van der Waals surface area contributed by atoms with Crippen LogP contribution in [-0.2, 0) is 19.6 Å². The number of benzene rings is 2. The second-order valence-corrected chi connectivity index (χ2v) is 8.00. The van der Waals surface area contributed by atoms with Crippen LogP contribution in [0.3, 0.4) is 0 Å². The van der Waals surface area contributed by atoms with Crippen LogP contribution in [0.4, 0.5) is 5.69 Å². The summed E-state index contributed by atoms with van der Waals surface area (Å²) >= 11 is 12.3. The van der Waals surface area contributed by atoms with Gasteiger partial charge in [-0.3, -0.25) is 9.10 Å². The SMILES string of the molecule is CCOC(=O)CN(c1cccc(OC)c1)S(=O)(=O)c1ccc(OC)c(Cl)c1Cl. The van der Waals surface area contributed by atoms with E-state index in [9.17, 15) is 13.2 Å². The smallest absolute Gasteiger partial charge is 0.326 e. The normalized spacial score (nSPS) is 11.0. The summed E-state index contributed by atoms with van der Waals surface area (Å²) in [5, 5.41) is -0.259. The molecule has 0 bridgehead atoms. The van der Waals surface area contributed by atoms with E-state index in [1.54, 1.807) is 19.1 Å². The van der Waals surface area contributed by atoms with Crippen LogP contribution in [0.2, 0.25) is 10.0 Å². The van der Waals surface area contributed by atoms with Gasteiger partial charge in [0.05, 0.1) is 31.5 Å². The Morgan fingerprint density at radius 3 is 2.39 bits per heavy atom. The number of rotatable bonds is 8. The molecule has 0 atom stereocenters. The van der Waals surface area contributed by atoms with Crippen LogP contribution < -0.4 is 13.8 Å². The molecule has 2 rings (SSSR count). The van der Waals surface area contributed by atoms with Crippen molar-refractivity contribution < 1.29 is 27.4 Å². The molecule has 152 valence electrons. The van der Waals surface area contributed by atoms with Crippen LogP contribution in [0.15, 0.2) is 41.3 Å². The number of anilines is 1. The summed E-state index contributed by atoms with van der Waals surface area (Å²) in [6.07, 6.45) is 0. The van der Waals surface area contributed by atoms with Crippen molar-refractivity contribution in [1.82, 2.24) is 0 Å². The van der Waals surface area contributed by atoms with Gasteiger partial charge in [-0.1, -0.05) is 29.3 Å². The highest BCUT2D eigenvalue weighted by Crippen LogP contribution is 2.38. The highest BCUT2D eigenvalue weighted by molar-refractivity contribution is 7.93. The fourth-order valence-electron chi connectivity index (χ4n) is 2.39. The number of ether oxygens (including phenoxy) is 3. The third-order valence-corrected chi connectivity index (χ3v) is 6.51. The van der Waals surface area contributed by atoms with Gasteiger partial charge in [-0.15, -0.1) is 0 Å². The van der Waals surface area contributed by atoms with Gasteiger partial charge < -0.3 is 14.2 Å². The maximum absolute atomic E-state index is 13.3. The molecule has 0 fully saturated rings. The molecule has 0 saturated heterocycles. The molecule has 0 aromatic heterocycles. The number of carbonyl (C=O) groups is 1. The lowest BCUT2D eigenvalue weighted by Crippen LogP contribution is -2.36. The second-order valence-electron chi connectivity index (χ2n) is 5.41. The van der Waals surface area contributed by atoms with Gasteiger partial charge in [-0.05, 0) is 31.2 Å². The molecular weight excluding hydrogens is 429 g/mol. The fraction of sp³-hybridized carbons (Fsp3) is 0.278. The molecule has 0 spiro atoms. The zero-order valence-corrected chi connectivity index (χ0v) is 17.8. The highest BCUT2D eigenvalue weighted by Gasteiger charge is 2.31. The van der Waals surface area contributed by atoms with Gasteiger partial charge in [0, 0.05) is 6.07 Å². The third-order valence-electron chi connectivity index (χ3n) is 3.72. The van der Waals surface area contributed by atoms with E-state index in [0.29, 0.717) is 5.75 Å². The van der Waals surface area contributed by atoms with Gasteiger partial charge in [0.25, 0.3) is 10.0 Å². The lowest BCUT2D eigenvalue weighted by Gasteiger charge is -2.24. The Kier molecular flexibility index (Phi) is 7.40. The first-order chi connectivity index (χ1) is 13.3. The third kappa shape index (κ3) is 4.63. The first-order valence-corrected chi connectivity index (χ1v) is 10.3. The quantitative estimate of drug-likeness (QED) is 0.572. The minimum atomic E-state index is -4.27. The van der Waals surface area contributed by atoms with E-state index in [0.717, 1.165) is 4.31 Å². The predicted octanol–water partition coefficient (Wildman–Crippen LogP) is 3.77. The molecule has 28 heavy (non-hydrogen) atoms. The Morgan fingerprint density at radius 2 is 1.79 bits per heavy atom. The summed E-state index contributed by atoms with van der Waals surface area (Å²) in [6.45, 7) is 1.19. The molecule has 0 radical (unpaired) electrons. The number of nitrogens with zero attached hydrogens (tertiary/aromatic N) is 1. The van der Waals surface area contributed by atoms with Crippen LogP contribution in [0.1, 0.15) is 6.92 Å². The van der Waals surface area contributed by atoms with Crippen molar-refractivity contribution in [2.45, 2.75) is 11.8 Å². The molecule has 0 amide bonds. The second kappa shape index (κ2) is 9.36. The average molecular weight is 448 g/mol. The van der Waals surface area contributed by atoms with E-state index >= 15 is 0 Å². The molecule has 0 heterocycles. The van der Waals surface area contributed by atoms with Gasteiger partial charge in [0.15, 0.2) is 0 Å². The monoisotopic (exact) mass is 447 g/mol. The van der Waals surface area contributed by atoms with Crippen molar-refractivity contribution in [2.75, 3.05) is 31.7 Å². The van der Waals surface area contributed by atoms with E-state index in [1.165, 1.54) is 38.5 Å². The van der Waals surface area contributed by atoms with Gasteiger partial charge in [0.2, 0.25) is 0 Å². The highest BCUT2D eigenvalue weighted by atomic mass is 35.5. The predicted molar refractivity (Wildman–Crippen MR) is 107 cm³/mol. The van der Waals surface area contributed by atoms with E-state index in [-0.39, 0.29) is 33.0 Å². The minimum absolute atomic E-state index is 0.0491. The Bertz CT molecular complexity index is 965. The van der Waals surface area contributed by atoms with Crippen LogP contribution in [0.25, 0.3) is 0 Å². The molecule has 0 aliphatic rings. The molecule has 2 aromatic carbocycles. The molecule has 0 saturated carbocycles. The number of methoxy groups -OCH3 is 2. The molecule has 7 nitrogen and oxygen atoms in total. The van der Waals surface area contributed by atoms with Crippen LogP contribution in [0, 0.1) is 0 Å². The van der Waals surface area contributed by atoms with Crippen molar-refractivity contribution in [3.8, 4) is 11.5 Å². The van der Waals surface area contributed by atoms with Crippen molar-refractivity contribution in [2.24, 2.45) is 0 Å². The van der Waals surface area contributed by atoms with Gasteiger partial charge in [-0.2, -0.15) is 0 Å². The van der Waals surface area contributed by atoms with E-state index < -0.39 is 22.5 Å². The molecule has 0 unspecified atom stereocenters. The Balaban J connectivity index is 2.61. The lowest BCUT2D eigenvalue weighted by molar-refractivity contribution is -0.141. The molecule has 0 aliphatic heterocycles. The van der Waals surface area contributed by atoms with Crippen molar-refractivity contribution in [3.05, 3.63) is 46.4 Å². The summed E-state index contributed by atoms with van der Waals surface area (Å²) in [7, 11) is -1.43. The number of sulfonamides is 1. The molecule has 0 aliphatic carbocycles. The standard InChI is InChI=1S/C18H19Cl2NO6S/c1-4-27-16(22)11-21(12-6-5-7-13(10-12)25-2)28(23,24)15-9-8-14(26-3)17(19)18(15)20/h5-10H,4,11H2,1-3H3. The zero-order chi connectivity index (χ0) is 20.9. The summed E-state index contributed by atoms with van der Waals surface area (Å²) in [4.78, 5) is 11.8. The zero-order valence-electron chi connectivity index (χ0n) is 15.4. The average Bonchev–Trinajstić information content (AvgIpc) is 2.68. The summed E-state index contributed by atoms with van der Waals surface area (Å²) < 4.78 is 42.7. The van der Waals surface area contributed by atoms with Crippen molar-refractivity contribution >= 4 is 44.9 Å². The Labute approximate surface area is 173 Å². The molecule has 10 heteroatoms. The Hall–Kier alpha value is -2.16. The van der Waals surface area contributed by atoms with Crippen LogP contribution in [0.5, 0.6) is 11.5 Å². The summed E-state index contributed by atoms with van der Waals surface area (Å²) in [5.41, 5.74) is 0.204. The van der Waals surface area contributed by atoms with Gasteiger partial charge >= 0.3 is 5.97 Å². The van der Waals surface area contributed by atoms with E-state index in [4.69, 9.17) is 37.4 Å². The number of hydrogen-bond acceptors (Lipinski definition) is 6. The van der Waals surface area contributed by atoms with E-state index in [1.807, 2.05) is 0 Å². The first kappa shape index (κ1) is 22.1. The maximum Gasteiger partial charge on any atom is 0.326 e. The number of esters is 1. The Morgan fingerprint density at radius 1 is 1.07 bits per heavy atom. The molecule has 2 aromatic rings. The van der Waals surface area contributed by atoms with Crippen LogP contribution >= 0.6 is 23.2 Å². The first-order valence-electron chi connectivity index (χ1n) is 8.10. The largest absolute Gasteiger partial charge is 0.497 e. The topological polar surface area (TPSA) is 82.1 Å². The van der Waals surface area contributed by atoms with Gasteiger partial charge in [0.1, 0.15) is 28.0 Å². The molecule has 0 N–H and O–H groups in total. The molecular formula is C18H19Cl2NO6S. The minimum Gasteiger partial charge on any atom is -0.497 e. The number of halogens is 2. The van der Waals surface area contributed by atoms with Gasteiger partial charge in [-0.25, -0.2) is 8.42 Å². The van der Waals surface area contributed by atoms with E-state index in [2.05, 4.69) is 0 Å².